The van der Waals surface area contributed by atoms with Gasteiger partial charge in [-0.3, -0.25) is 24.2 Å². The molecular formula is C24H33N5O5. The number of rotatable bonds is 7. The molecule has 34 heavy (non-hydrogen) atoms. The van der Waals surface area contributed by atoms with Crippen LogP contribution in [-0.2, 0) is 19.2 Å². The Hall–Kier alpha value is -3.53. The summed E-state index contributed by atoms with van der Waals surface area (Å²) in [6.07, 6.45) is 3.04. The highest BCUT2D eigenvalue weighted by molar-refractivity contribution is 6.04. The van der Waals surface area contributed by atoms with Crippen molar-refractivity contribution in [3.05, 3.63) is 36.5 Å². The maximum atomic E-state index is 13.3. The first-order valence-corrected chi connectivity index (χ1v) is 11.3. The highest BCUT2D eigenvalue weighted by Crippen LogP contribution is 2.25. The second-order valence-corrected chi connectivity index (χ2v) is 8.40. The van der Waals surface area contributed by atoms with E-state index >= 15 is 0 Å². The van der Waals surface area contributed by atoms with Crippen molar-refractivity contribution in [2.75, 3.05) is 18.9 Å². The fraction of sp³-hybridized carbons (Fsp3) is 0.458. The number of anilines is 1. The second-order valence-electron chi connectivity index (χ2n) is 8.40. The molecule has 1 aromatic carbocycles. The number of aromatic nitrogens is 1. The van der Waals surface area contributed by atoms with Crippen LogP contribution in [0.5, 0.6) is 0 Å². The molecule has 3 atom stereocenters. The fourth-order valence-electron chi connectivity index (χ4n) is 3.83. The average Bonchev–Trinajstić information content (AvgIpc) is 3.32. The number of likely N-dealkylation sites (N-methyl/N-ethyl adjacent to an activating group) is 1. The van der Waals surface area contributed by atoms with E-state index < -0.39 is 18.1 Å². The lowest BCUT2D eigenvalue weighted by atomic mass is 10.0. The highest BCUT2D eigenvalue weighted by atomic mass is 16.3. The van der Waals surface area contributed by atoms with Crippen LogP contribution in [-0.4, -0.2) is 70.9 Å². The van der Waals surface area contributed by atoms with E-state index in [-0.39, 0.29) is 30.1 Å². The van der Waals surface area contributed by atoms with Crippen LogP contribution in [0.1, 0.15) is 33.6 Å². The molecule has 3 rings (SSSR count). The topological polar surface area (TPSA) is 141 Å². The van der Waals surface area contributed by atoms with Gasteiger partial charge in [0.15, 0.2) is 0 Å². The van der Waals surface area contributed by atoms with Gasteiger partial charge in [0.05, 0.1) is 17.2 Å². The number of carbonyl (C=O) groups is 4. The molecule has 3 amide bonds. The number of hydrogen-bond donors (Lipinski definition) is 4. The summed E-state index contributed by atoms with van der Waals surface area (Å²) in [5.41, 5.74) is 1.47. The summed E-state index contributed by atoms with van der Waals surface area (Å²) in [6.45, 7) is 5.76. The molecule has 10 heteroatoms. The molecule has 0 radical (unpaired) electrons. The van der Waals surface area contributed by atoms with Crippen LogP contribution >= 0.6 is 0 Å². The number of pyridine rings is 1. The van der Waals surface area contributed by atoms with Crippen molar-refractivity contribution in [3.63, 3.8) is 0 Å². The van der Waals surface area contributed by atoms with Crippen molar-refractivity contribution < 1.29 is 24.3 Å². The van der Waals surface area contributed by atoms with Crippen molar-refractivity contribution in [2.24, 2.45) is 5.92 Å². The Morgan fingerprint density at radius 3 is 2.53 bits per heavy atom. The van der Waals surface area contributed by atoms with Crippen LogP contribution in [0.4, 0.5) is 5.69 Å². The summed E-state index contributed by atoms with van der Waals surface area (Å²) in [5.74, 6) is -0.782. The Morgan fingerprint density at radius 1 is 1.18 bits per heavy atom. The SMILES string of the molecule is CNC(C)C(=O)NC(C(=O)N1CCCC1C(=O)Nc1cccc2ncccc12)C(C)C.O=CO. The summed E-state index contributed by atoms with van der Waals surface area (Å²) in [4.78, 5) is 53.1. The Bertz CT molecular complexity index is 1010. The number of amides is 3. The van der Waals surface area contributed by atoms with Gasteiger partial charge in [-0.2, -0.15) is 0 Å². The molecule has 10 nitrogen and oxygen atoms in total. The van der Waals surface area contributed by atoms with E-state index in [1.165, 1.54) is 0 Å². The van der Waals surface area contributed by atoms with Gasteiger partial charge in [-0.25, -0.2) is 0 Å². The third-order valence-electron chi connectivity index (χ3n) is 5.80. The van der Waals surface area contributed by atoms with E-state index in [9.17, 15) is 14.4 Å². The van der Waals surface area contributed by atoms with E-state index in [2.05, 4.69) is 20.9 Å². The van der Waals surface area contributed by atoms with Crippen LogP contribution in [0.25, 0.3) is 10.9 Å². The minimum absolute atomic E-state index is 0.103. The van der Waals surface area contributed by atoms with E-state index in [0.29, 0.717) is 18.7 Å². The lowest BCUT2D eigenvalue weighted by Gasteiger charge is -2.31. The molecule has 1 aromatic heterocycles. The van der Waals surface area contributed by atoms with Gasteiger partial charge >= 0.3 is 0 Å². The summed E-state index contributed by atoms with van der Waals surface area (Å²) in [5, 5.41) is 16.4. The molecule has 0 saturated carbocycles. The number of nitrogens with zero attached hydrogens (tertiary/aromatic N) is 2. The minimum Gasteiger partial charge on any atom is -0.483 e. The zero-order valence-electron chi connectivity index (χ0n) is 19.9. The van der Waals surface area contributed by atoms with Gasteiger partial charge in [-0.1, -0.05) is 19.9 Å². The molecule has 0 aliphatic carbocycles. The lowest BCUT2D eigenvalue weighted by Crippen LogP contribution is -2.56. The summed E-state index contributed by atoms with van der Waals surface area (Å²) >= 11 is 0. The largest absolute Gasteiger partial charge is 0.483 e. The third-order valence-corrected chi connectivity index (χ3v) is 5.80. The van der Waals surface area contributed by atoms with Crippen LogP contribution in [0.3, 0.4) is 0 Å². The predicted molar refractivity (Wildman–Crippen MR) is 129 cm³/mol. The molecule has 2 heterocycles. The maximum Gasteiger partial charge on any atom is 0.290 e. The molecule has 3 unspecified atom stereocenters. The lowest BCUT2D eigenvalue weighted by molar-refractivity contribution is -0.141. The molecule has 1 fully saturated rings. The zero-order valence-corrected chi connectivity index (χ0v) is 19.9. The monoisotopic (exact) mass is 471 g/mol. The zero-order chi connectivity index (χ0) is 25.3. The number of carbonyl (C=O) groups excluding carboxylic acids is 3. The van der Waals surface area contributed by atoms with Gasteiger partial charge in [-0.15, -0.1) is 0 Å². The van der Waals surface area contributed by atoms with E-state index in [4.69, 9.17) is 9.90 Å². The molecule has 4 N–H and O–H groups in total. The van der Waals surface area contributed by atoms with Gasteiger partial charge in [0.2, 0.25) is 17.7 Å². The van der Waals surface area contributed by atoms with E-state index in [1.807, 2.05) is 44.2 Å². The number of hydrogen-bond acceptors (Lipinski definition) is 6. The molecule has 1 aliphatic rings. The summed E-state index contributed by atoms with van der Waals surface area (Å²) < 4.78 is 0. The second kappa shape index (κ2) is 12.6. The van der Waals surface area contributed by atoms with Crippen molar-refractivity contribution >= 4 is 40.8 Å². The Labute approximate surface area is 199 Å². The van der Waals surface area contributed by atoms with Gasteiger partial charge < -0.3 is 26.0 Å². The normalized spacial score (nSPS) is 16.9. The van der Waals surface area contributed by atoms with Crippen molar-refractivity contribution in [1.82, 2.24) is 20.5 Å². The third kappa shape index (κ3) is 6.50. The van der Waals surface area contributed by atoms with Crippen LogP contribution in [0.15, 0.2) is 36.5 Å². The average molecular weight is 472 g/mol. The number of fused-ring (bicyclic) bond motifs is 1. The van der Waals surface area contributed by atoms with Crippen molar-refractivity contribution in [1.29, 1.82) is 0 Å². The van der Waals surface area contributed by atoms with E-state index in [1.54, 1.807) is 25.1 Å². The quantitative estimate of drug-likeness (QED) is 0.450. The molecule has 1 saturated heterocycles. The molecule has 184 valence electrons. The first kappa shape index (κ1) is 26.7. The molecule has 0 spiro atoms. The number of likely N-dealkylation sites (tertiary alicyclic amines) is 1. The summed E-state index contributed by atoms with van der Waals surface area (Å²) in [7, 11) is 1.69. The fourth-order valence-corrected chi connectivity index (χ4v) is 3.83. The van der Waals surface area contributed by atoms with Crippen LogP contribution in [0, 0.1) is 5.92 Å². The first-order chi connectivity index (χ1) is 16.2. The first-order valence-electron chi connectivity index (χ1n) is 11.3. The van der Waals surface area contributed by atoms with Gasteiger partial charge in [0.25, 0.3) is 6.47 Å². The minimum atomic E-state index is -0.682. The number of carboxylic acid groups (broad SMARTS) is 1. The summed E-state index contributed by atoms with van der Waals surface area (Å²) in [6, 6.07) is 7.63. The van der Waals surface area contributed by atoms with Crippen molar-refractivity contribution in [2.45, 2.75) is 51.7 Å². The van der Waals surface area contributed by atoms with Gasteiger partial charge in [0, 0.05) is 18.1 Å². The van der Waals surface area contributed by atoms with Crippen molar-refractivity contribution in [3.8, 4) is 0 Å². The maximum absolute atomic E-state index is 13.3. The van der Waals surface area contributed by atoms with Gasteiger partial charge in [0.1, 0.15) is 12.1 Å². The Balaban J connectivity index is 0.00000129. The molecular weight excluding hydrogens is 438 g/mol. The van der Waals surface area contributed by atoms with Crippen LogP contribution in [0.2, 0.25) is 0 Å². The molecule has 0 bridgehead atoms. The molecule has 2 aromatic rings. The van der Waals surface area contributed by atoms with Crippen LogP contribution < -0.4 is 16.0 Å². The smallest absolute Gasteiger partial charge is 0.290 e. The standard InChI is InChI=1S/C23H31N5O3.CH2O2/c1-14(2)20(27-21(29)15(3)24-4)23(31)28-13-7-11-19(28)22(30)26-18-10-5-9-17-16(18)8-6-12-25-17;2-1-3/h5-6,8-10,12,14-15,19-20,24H,7,11,13H2,1-4H3,(H,26,30)(H,27,29);1H,(H,2,3). The Morgan fingerprint density at radius 2 is 1.88 bits per heavy atom. The molecule has 1 aliphatic heterocycles. The highest BCUT2D eigenvalue weighted by Gasteiger charge is 2.39. The van der Waals surface area contributed by atoms with Gasteiger partial charge in [-0.05, 0) is 57.0 Å². The predicted octanol–water partition coefficient (Wildman–Crippen LogP) is 1.61. The number of benzene rings is 1. The Kier molecular flexibility index (Phi) is 9.93. The van der Waals surface area contributed by atoms with E-state index in [0.717, 1.165) is 17.3 Å². The number of nitrogens with one attached hydrogen (secondary N) is 3.